The highest BCUT2D eigenvalue weighted by Crippen LogP contribution is 2.30. The second-order valence-corrected chi connectivity index (χ2v) is 6.43. The molecule has 1 aromatic carbocycles. The van der Waals surface area contributed by atoms with E-state index < -0.39 is 0 Å². The van der Waals surface area contributed by atoms with Crippen LogP contribution in [0.3, 0.4) is 0 Å². The van der Waals surface area contributed by atoms with E-state index in [-0.39, 0.29) is 12.5 Å². The summed E-state index contributed by atoms with van der Waals surface area (Å²) in [6.07, 6.45) is 1.94. The van der Waals surface area contributed by atoms with E-state index in [1.165, 1.54) is 0 Å². The molecular formula is C19H24N2O3. The maximum atomic E-state index is 12.5. The van der Waals surface area contributed by atoms with Crippen molar-refractivity contribution in [2.45, 2.75) is 26.7 Å². The zero-order valence-corrected chi connectivity index (χ0v) is 14.2. The summed E-state index contributed by atoms with van der Waals surface area (Å²) in [4.78, 5) is 14.7. The molecule has 0 spiro atoms. The Morgan fingerprint density at radius 2 is 2.00 bits per heavy atom. The molecule has 5 heteroatoms. The van der Waals surface area contributed by atoms with Crippen LogP contribution in [0.15, 0.2) is 34.7 Å². The van der Waals surface area contributed by atoms with Gasteiger partial charge in [-0.3, -0.25) is 4.79 Å². The third-order valence-corrected chi connectivity index (χ3v) is 4.76. The molecule has 0 aliphatic carbocycles. The highest BCUT2D eigenvalue weighted by molar-refractivity contribution is 6.04. The van der Waals surface area contributed by atoms with Crippen molar-refractivity contribution in [1.82, 2.24) is 0 Å². The molecule has 0 unspecified atom stereocenters. The van der Waals surface area contributed by atoms with Crippen LogP contribution in [0.1, 0.15) is 34.7 Å². The molecule has 0 radical (unpaired) electrons. The number of aliphatic hydroxyl groups is 1. The quantitative estimate of drug-likeness (QED) is 0.903. The zero-order valence-electron chi connectivity index (χ0n) is 14.2. The van der Waals surface area contributed by atoms with E-state index >= 15 is 0 Å². The van der Waals surface area contributed by atoms with Gasteiger partial charge in [-0.15, -0.1) is 0 Å². The van der Waals surface area contributed by atoms with Crippen LogP contribution in [-0.4, -0.2) is 30.7 Å². The van der Waals surface area contributed by atoms with Crippen LogP contribution in [-0.2, 0) is 0 Å². The summed E-state index contributed by atoms with van der Waals surface area (Å²) in [6, 6.07) is 9.59. The van der Waals surface area contributed by atoms with Gasteiger partial charge in [-0.05, 0) is 56.4 Å². The van der Waals surface area contributed by atoms with Crippen LogP contribution in [0.4, 0.5) is 11.4 Å². The van der Waals surface area contributed by atoms with Crippen LogP contribution in [0.25, 0.3) is 0 Å². The number of piperidine rings is 1. The molecule has 2 heterocycles. The Hall–Kier alpha value is -2.27. The van der Waals surface area contributed by atoms with E-state index in [1.807, 2.05) is 38.1 Å². The lowest BCUT2D eigenvalue weighted by atomic mass is 9.97. The van der Waals surface area contributed by atoms with Crippen molar-refractivity contribution < 1.29 is 14.3 Å². The summed E-state index contributed by atoms with van der Waals surface area (Å²) in [5.41, 5.74) is 2.78. The Morgan fingerprint density at radius 3 is 2.62 bits per heavy atom. The summed E-state index contributed by atoms with van der Waals surface area (Å²) < 4.78 is 5.51. The average Bonchev–Trinajstić information content (AvgIpc) is 2.95. The lowest BCUT2D eigenvalue weighted by molar-refractivity contribution is 0.0995. The van der Waals surface area contributed by atoms with E-state index in [1.54, 1.807) is 6.07 Å². The Balaban J connectivity index is 1.76. The Bertz CT molecular complexity index is 696. The number of carbonyl (C=O) groups is 1. The molecule has 128 valence electrons. The number of aryl methyl sites for hydroxylation is 2. The fraction of sp³-hybridized carbons (Fsp3) is 0.421. The summed E-state index contributed by atoms with van der Waals surface area (Å²) in [7, 11) is 0. The lowest BCUT2D eigenvalue weighted by Gasteiger charge is -2.34. The minimum absolute atomic E-state index is 0.233. The lowest BCUT2D eigenvalue weighted by Crippen LogP contribution is -2.35. The van der Waals surface area contributed by atoms with Gasteiger partial charge in [0.1, 0.15) is 5.76 Å². The number of benzene rings is 1. The molecule has 1 amide bonds. The molecule has 3 rings (SSSR count). The number of rotatable bonds is 4. The third kappa shape index (κ3) is 3.46. The van der Waals surface area contributed by atoms with E-state index in [0.717, 1.165) is 48.6 Å². The van der Waals surface area contributed by atoms with Gasteiger partial charge in [-0.25, -0.2) is 0 Å². The van der Waals surface area contributed by atoms with Gasteiger partial charge >= 0.3 is 0 Å². The van der Waals surface area contributed by atoms with Gasteiger partial charge in [0.05, 0.1) is 11.4 Å². The molecule has 0 bridgehead atoms. The van der Waals surface area contributed by atoms with E-state index in [2.05, 4.69) is 10.2 Å². The third-order valence-electron chi connectivity index (χ3n) is 4.76. The first kappa shape index (κ1) is 16.6. The molecule has 1 aliphatic heterocycles. The standard InChI is InChI=1S/C19H24N2O3/c1-13-11-18(24-14(13)2)19(23)20-16-5-3-4-6-17(16)21-9-7-15(12-22)8-10-21/h3-6,11,15,22H,7-10,12H2,1-2H3,(H,20,23). The fourth-order valence-electron chi connectivity index (χ4n) is 3.08. The highest BCUT2D eigenvalue weighted by atomic mass is 16.3. The summed E-state index contributed by atoms with van der Waals surface area (Å²) >= 11 is 0. The second kappa shape index (κ2) is 7.09. The first-order valence-electron chi connectivity index (χ1n) is 8.41. The number of hydrogen-bond donors (Lipinski definition) is 2. The van der Waals surface area contributed by atoms with Crippen LogP contribution < -0.4 is 10.2 Å². The Morgan fingerprint density at radius 1 is 1.29 bits per heavy atom. The van der Waals surface area contributed by atoms with Crippen LogP contribution in [0.5, 0.6) is 0 Å². The van der Waals surface area contributed by atoms with Gasteiger partial charge in [0.25, 0.3) is 5.91 Å². The number of furan rings is 1. The van der Waals surface area contributed by atoms with E-state index in [0.29, 0.717) is 11.7 Å². The van der Waals surface area contributed by atoms with Gasteiger partial charge < -0.3 is 19.7 Å². The SMILES string of the molecule is Cc1cc(C(=O)Nc2ccccc2N2CCC(CO)CC2)oc1C. The molecule has 5 nitrogen and oxygen atoms in total. The normalized spacial score (nSPS) is 15.5. The van der Waals surface area contributed by atoms with Gasteiger partial charge in [-0.2, -0.15) is 0 Å². The average molecular weight is 328 g/mol. The molecule has 0 saturated carbocycles. The molecular weight excluding hydrogens is 304 g/mol. The fourth-order valence-corrected chi connectivity index (χ4v) is 3.08. The largest absolute Gasteiger partial charge is 0.456 e. The summed E-state index contributed by atoms with van der Waals surface area (Å²) in [5.74, 6) is 1.25. The number of anilines is 2. The first-order valence-corrected chi connectivity index (χ1v) is 8.41. The van der Waals surface area contributed by atoms with Crippen molar-refractivity contribution in [1.29, 1.82) is 0 Å². The summed E-state index contributed by atoms with van der Waals surface area (Å²) in [5, 5.41) is 12.3. The number of amides is 1. The van der Waals surface area contributed by atoms with Gasteiger partial charge in [-0.1, -0.05) is 12.1 Å². The molecule has 2 aromatic rings. The molecule has 0 atom stereocenters. The Kier molecular flexibility index (Phi) is 4.90. The van der Waals surface area contributed by atoms with E-state index in [9.17, 15) is 9.90 Å². The predicted molar refractivity (Wildman–Crippen MR) is 94.6 cm³/mol. The number of hydrogen-bond acceptors (Lipinski definition) is 4. The van der Waals surface area contributed by atoms with Crippen molar-refractivity contribution in [2.24, 2.45) is 5.92 Å². The van der Waals surface area contributed by atoms with Crippen LogP contribution >= 0.6 is 0 Å². The number of nitrogens with zero attached hydrogens (tertiary/aromatic N) is 1. The van der Waals surface area contributed by atoms with Gasteiger partial charge in [0.15, 0.2) is 5.76 Å². The predicted octanol–water partition coefficient (Wildman–Crippen LogP) is 3.36. The highest BCUT2D eigenvalue weighted by Gasteiger charge is 2.21. The molecule has 1 aromatic heterocycles. The number of aliphatic hydroxyl groups excluding tert-OH is 1. The number of para-hydroxylation sites is 2. The number of nitrogens with one attached hydrogen (secondary N) is 1. The van der Waals surface area contributed by atoms with Crippen molar-refractivity contribution in [3.8, 4) is 0 Å². The first-order chi connectivity index (χ1) is 11.6. The molecule has 1 fully saturated rings. The van der Waals surface area contributed by atoms with Crippen molar-refractivity contribution >= 4 is 17.3 Å². The summed E-state index contributed by atoms with van der Waals surface area (Å²) in [6.45, 7) is 5.80. The minimum atomic E-state index is -0.233. The maximum Gasteiger partial charge on any atom is 0.291 e. The smallest absolute Gasteiger partial charge is 0.291 e. The molecule has 1 saturated heterocycles. The zero-order chi connectivity index (χ0) is 17.1. The second-order valence-electron chi connectivity index (χ2n) is 6.43. The molecule has 2 N–H and O–H groups in total. The molecule has 24 heavy (non-hydrogen) atoms. The number of carbonyl (C=O) groups excluding carboxylic acids is 1. The van der Waals surface area contributed by atoms with Crippen LogP contribution in [0, 0.1) is 19.8 Å². The minimum Gasteiger partial charge on any atom is -0.456 e. The van der Waals surface area contributed by atoms with E-state index in [4.69, 9.17) is 4.42 Å². The van der Waals surface area contributed by atoms with Crippen molar-refractivity contribution in [3.63, 3.8) is 0 Å². The van der Waals surface area contributed by atoms with Crippen LogP contribution in [0.2, 0.25) is 0 Å². The van der Waals surface area contributed by atoms with Gasteiger partial charge in [0, 0.05) is 19.7 Å². The maximum absolute atomic E-state index is 12.5. The monoisotopic (exact) mass is 328 g/mol. The van der Waals surface area contributed by atoms with Gasteiger partial charge in [0.2, 0.25) is 0 Å². The van der Waals surface area contributed by atoms with Crippen molar-refractivity contribution in [2.75, 3.05) is 29.9 Å². The topological polar surface area (TPSA) is 65.7 Å². The Labute approximate surface area is 142 Å². The molecule has 1 aliphatic rings. The van der Waals surface area contributed by atoms with Crippen molar-refractivity contribution in [3.05, 3.63) is 47.4 Å².